The lowest BCUT2D eigenvalue weighted by Gasteiger charge is -2.30. The normalized spacial score (nSPS) is 12.7. The van der Waals surface area contributed by atoms with Crippen LogP contribution >= 0.6 is 0 Å². The zero-order chi connectivity index (χ0) is 35.6. The molecule has 0 aliphatic heterocycles. The van der Waals surface area contributed by atoms with Crippen LogP contribution in [0.5, 0.6) is 0 Å². The van der Waals surface area contributed by atoms with Crippen molar-refractivity contribution in [3.63, 3.8) is 0 Å². The van der Waals surface area contributed by atoms with Crippen molar-refractivity contribution in [2.75, 3.05) is 0 Å². The third-order valence-corrected chi connectivity index (χ3v) is 4.73. The molecule has 45 heavy (non-hydrogen) atoms. The van der Waals surface area contributed by atoms with Gasteiger partial charge >= 0.3 is 35.0 Å². The molecule has 0 saturated heterocycles. The van der Waals surface area contributed by atoms with Gasteiger partial charge in [0.25, 0.3) is 0 Å². The van der Waals surface area contributed by atoms with Crippen LogP contribution < -0.4 is 0 Å². The predicted octanol–water partition coefficient (Wildman–Crippen LogP) is 3.12. The summed E-state index contributed by atoms with van der Waals surface area (Å²) in [5.74, 6) is -12.1. The van der Waals surface area contributed by atoms with E-state index in [2.05, 4.69) is 25.0 Å². The van der Waals surface area contributed by atoms with Gasteiger partial charge in [-0.2, -0.15) is 0 Å². The molecule has 1 aromatic rings. The quantitative estimate of drug-likeness (QED) is 0.0547. The fourth-order valence-electron chi connectivity index (χ4n) is 3.17. The maximum absolute atomic E-state index is 13.6. The maximum atomic E-state index is 13.6. The second-order valence-corrected chi connectivity index (χ2v) is 13.4. The molecule has 0 amide bonds. The van der Waals surface area contributed by atoms with Gasteiger partial charge in [-0.1, -0.05) is 0 Å². The van der Waals surface area contributed by atoms with Crippen LogP contribution in [0, 0.1) is 20.2 Å². The van der Waals surface area contributed by atoms with Crippen molar-refractivity contribution in [2.45, 2.75) is 117 Å². The van der Waals surface area contributed by atoms with Gasteiger partial charge < -0.3 is 18.9 Å². The van der Waals surface area contributed by atoms with Gasteiger partial charge in [-0.25, -0.2) is 34.1 Å². The van der Waals surface area contributed by atoms with Crippen LogP contribution in [0.3, 0.4) is 0 Å². The summed E-state index contributed by atoms with van der Waals surface area (Å²) in [6.45, 7) is 15.6. The summed E-state index contributed by atoms with van der Waals surface area (Å²) >= 11 is 0. The third kappa shape index (κ3) is 8.78. The van der Waals surface area contributed by atoms with Gasteiger partial charge in [0.05, 0.1) is 9.85 Å². The Hall–Kier alpha value is -5.00. The number of ether oxygens (including phenoxy) is 4. The summed E-state index contributed by atoms with van der Waals surface area (Å²) in [5.41, 5.74) is -4.59. The van der Waals surface area contributed by atoms with Gasteiger partial charge in [0.2, 0.25) is 17.6 Å². The van der Waals surface area contributed by atoms with Crippen molar-refractivity contribution < 1.29 is 48.0 Å². The van der Waals surface area contributed by atoms with Gasteiger partial charge in [-0.15, -0.1) is 0 Å². The van der Waals surface area contributed by atoms with Crippen LogP contribution in [0.15, 0.2) is 5.11 Å². The summed E-state index contributed by atoms with van der Waals surface area (Å²) in [6, 6.07) is 0. The number of nitro groups is 2. The van der Waals surface area contributed by atoms with Crippen molar-refractivity contribution in [3.05, 3.63) is 42.3 Å². The number of hydrogen-bond donors (Lipinski definition) is 0. The van der Waals surface area contributed by atoms with Crippen LogP contribution in [0.1, 0.15) is 94.7 Å². The van der Waals surface area contributed by atoms with Gasteiger partial charge in [-0.05, 0) is 93.7 Å². The van der Waals surface area contributed by atoms with Crippen molar-refractivity contribution in [1.82, 2.24) is 15.0 Å². The molecule has 1 aromatic heterocycles. The first-order chi connectivity index (χ1) is 20.0. The fraction of sp³-hybridized carbons (Fsp3) is 0.720. The molecule has 0 aliphatic rings. The molecule has 0 aromatic carbocycles. The molecule has 0 atom stereocenters. The van der Waals surface area contributed by atoms with Crippen LogP contribution in [0.2, 0.25) is 0 Å². The molecule has 0 radical (unpaired) electrons. The highest BCUT2D eigenvalue weighted by atomic mass is 16.7. The number of azide groups is 1. The summed E-state index contributed by atoms with van der Waals surface area (Å²) in [5, 5.41) is 28.6. The van der Waals surface area contributed by atoms with E-state index in [9.17, 15) is 39.4 Å². The summed E-state index contributed by atoms with van der Waals surface area (Å²) in [7, 11) is 0. The van der Waals surface area contributed by atoms with Gasteiger partial charge in [-0.3, -0.25) is 20.2 Å². The minimum absolute atomic E-state index is 1.23. The molecule has 0 aliphatic carbocycles. The van der Waals surface area contributed by atoms with Crippen molar-refractivity contribution in [1.29, 1.82) is 0 Å². The number of aromatic nitrogens is 3. The predicted molar refractivity (Wildman–Crippen MR) is 149 cm³/mol. The second kappa shape index (κ2) is 12.5. The summed E-state index contributed by atoms with van der Waals surface area (Å²) in [4.78, 5) is 90.0. The molecule has 0 N–H and O–H groups in total. The smallest absolute Gasteiger partial charge is 0.454 e. The van der Waals surface area contributed by atoms with Crippen molar-refractivity contribution in [3.8, 4) is 0 Å². The van der Waals surface area contributed by atoms with Crippen LogP contribution in [0.4, 0.5) is 5.95 Å². The third-order valence-electron chi connectivity index (χ3n) is 4.73. The lowest BCUT2D eigenvalue weighted by molar-refractivity contribution is -0.555. The number of hydrogen-bond acceptors (Lipinski definition) is 16. The van der Waals surface area contributed by atoms with Crippen molar-refractivity contribution >= 4 is 29.8 Å². The first-order valence-electron chi connectivity index (χ1n) is 13.1. The largest absolute Gasteiger partial charge is 0.468 e. The molecule has 1 heterocycles. The molecule has 0 unspecified atom stereocenters. The summed E-state index contributed by atoms with van der Waals surface area (Å²) < 4.78 is 20.6. The SMILES string of the molecule is CC(C)(C)OC(=O)C(C(=O)OC(C)(C)C)(c1nc(N=[N+]=[N-])nc(C(C(=O)OC(C)(C)C)(C(=O)OC(C)(C)C)[N+](=O)[O-])n1)[N+](=O)[O-]. The maximum Gasteiger partial charge on any atom is 0.468 e. The monoisotopic (exact) mass is 640 g/mol. The molecule has 0 bridgehead atoms. The van der Waals surface area contributed by atoms with Crippen LogP contribution in [-0.2, 0) is 49.2 Å². The highest BCUT2D eigenvalue weighted by Crippen LogP contribution is 2.35. The van der Waals surface area contributed by atoms with E-state index >= 15 is 0 Å². The first kappa shape index (κ1) is 38.0. The van der Waals surface area contributed by atoms with E-state index in [4.69, 9.17) is 24.5 Å². The molecule has 20 nitrogen and oxygen atoms in total. The van der Waals surface area contributed by atoms with Gasteiger partial charge in [0, 0.05) is 4.91 Å². The van der Waals surface area contributed by atoms with Crippen LogP contribution in [0.25, 0.3) is 10.4 Å². The number of rotatable bonds is 9. The van der Waals surface area contributed by atoms with Gasteiger partial charge in [0.15, 0.2) is 0 Å². The van der Waals surface area contributed by atoms with E-state index < -0.39 is 84.8 Å². The average Bonchev–Trinajstić information content (AvgIpc) is 2.74. The lowest BCUT2D eigenvalue weighted by atomic mass is 9.95. The molecule has 0 fully saturated rings. The highest BCUT2D eigenvalue weighted by molar-refractivity contribution is 6.05. The zero-order valence-electron chi connectivity index (χ0n) is 27.0. The minimum Gasteiger partial charge on any atom is -0.454 e. The first-order valence-corrected chi connectivity index (χ1v) is 13.1. The van der Waals surface area contributed by atoms with E-state index in [-0.39, 0.29) is 0 Å². The molecular weight excluding hydrogens is 604 g/mol. The van der Waals surface area contributed by atoms with Crippen LogP contribution in [-0.4, -0.2) is 71.1 Å². The molecule has 1 rings (SSSR count). The number of carbonyl (C=O) groups excluding carboxylic acids is 4. The minimum atomic E-state index is -3.87. The van der Waals surface area contributed by atoms with E-state index in [0.717, 1.165) is 0 Å². The second-order valence-electron chi connectivity index (χ2n) is 13.4. The Balaban J connectivity index is 4.59. The average molecular weight is 641 g/mol. The molecule has 20 heteroatoms. The fourth-order valence-corrected chi connectivity index (χ4v) is 3.17. The summed E-state index contributed by atoms with van der Waals surface area (Å²) in [6.07, 6.45) is 0. The zero-order valence-corrected chi connectivity index (χ0v) is 27.0. The van der Waals surface area contributed by atoms with E-state index in [0.29, 0.717) is 0 Å². The Morgan fingerprint density at radius 2 is 0.844 bits per heavy atom. The van der Waals surface area contributed by atoms with E-state index in [1.165, 1.54) is 83.1 Å². The molecule has 0 saturated carbocycles. The number of carbonyl (C=O) groups is 4. The number of esters is 4. The Kier molecular flexibility index (Phi) is 10.6. The Bertz CT molecular complexity index is 1290. The Labute approximate surface area is 257 Å². The molecule has 248 valence electrons. The Morgan fingerprint density at radius 1 is 0.600 bits per heavy atom. The number of nitrogens with zero attached hydrogens (tertiary/aromatic N) is 8. The Morgan fingerprint density at radius 3 is 1.02 bits per heavy atom. The van der Waals surface area contributed by atoms with E-state index in [1.807, 2.05) is 0 Å². The molecular formula is C25H36N8O12. The van der Waals surface area contributed by atoms with Gasteiger partial charge in [0.1, 0.15) is 22.4 Å². The van der Waals surface area contributed by atoms with Crippen molar-refractivity contribution in [2.24, 2.45) is 5.11 Å². The highest BCUT2D eigenvalue weighted by Gasteiger charge is 2.71. The van der Waals surface area contributed by atoms with E-state index in [1.54, 1.807) is 0 Å². The lowest BCUT2D eigenvalue weighted by Crippen LogP contribution is -2.58. The topological polar surface area (TPSA) is 279 Å². The standard InChI is InChI=1S/C25H36N8O12/c1-20(2,3)42-15(34)24(32(38)39,16(35)43-21(4,5)6)13-27-14(29-19(28-13)30-31-26)25(33(40)41,17(36)44-22(7,8)9)18(37)45-23(10,11)12/h1-12H3. The molecule has 0 spiro atoms.